The first-order valence-corrected chi connectivity index (χ1v) is 12.5. The zero-order valence-electron chi connectivity index (χ0n) is 20.6. The van der Waals surface area contributed by atoms with Gasteiger partial charge >= 0.3 is 0 Å². The van der Waals surface area contributed by atoms with Crippen LogP contribution in [0.25, 0.3) is 0 Å². The molecule has 1 atom stereocenters. The van der Waals surface area contributed by atoms with Crippen molar-refractivity contribution in [1.82, 2.24) is 15.1 Å². The van der Waals surface area contributed by atoms with Gasteiger partial charge in [0.2, 0.25) is 18.6 Å². The molecular weight excluding hydrogens is 470 g/mol. The van der Waals surface area contributed by atoms with Crippen molar-refractivity contribution >= 4 is 11.8 Å². The van der Waals surface area contributed by atoms with Crippen LogP contribution in [0.1, 0.15) is 22.6 Å². The molecule has 0 aromatic heterocycles. The molecule has 2 N–H and O–H groups in total. The highest BCUT2D eigenvalue weighted by molar-refractivity contribution is 5.92. The smallest absolute Gasteiger partial charge is 0.247 e. The van der Waals surface area contributed by atoms with E-state index in [0.29, 0.717) is 26.2 Å². The number of nitrogens with one attached hydrogen (secondary N) is 1. The van der Waals surface area contributed by atoms with Crippen LogP contribution in [0.3, 0.4) is 0 Å². The number of hydrogen-bond acceptors (Lipinski definition) is 6. The molecule has 0 saturated carbocycles. The third-order valence-electron chi connectivity index (χ3n) is 6.85. The van der Waals surface area contributed by atoms with Crippen molar-refractivity contribution in [2.45, 2.75) is 18.5 Å². The number of benzene rings is 3. The lowest BCUT2D eigenvalue weighted by Crippen LogP contribution is -2.56. The Kier molecular flexibility index (Phi) is 7.67. The Labute approximate surface area is 216 Å². The van der Waals surface area contributed by atoms with Gasteiger partial charge in [-0.2, -0.15) is 0 Å². The van der Waals surface area contributed by atoms with Crippen LogP contribution in [-0.4, -0.2) is 72.3 Å². The van der Waals surface area contributed by atoms with Gasteiger partial charge < -0.3 is 24.8 Å². The molecule has 37 heavy (non-hydrogen) atoms. The van der Waals surface area contributed by atoms with Crippen molar-refractivity contribution in [2.75, 3.05) is 39.6 Å². The summed E-state index contributed by atoms with van der Waals surface area (Å²) < 4.78 is 10.8. The Morgan fingerprint density at radius 1 is 0.838 bits per heavy atom. The summed E-state index contributed by atoms with van der Waals surface area (Å²) in [5, 5.41) is 12.8. The molecule has 1 unspecified atom stereocenters. The first-order chi connectivity index (χ1) is 18.1. The minimum atomic E-state index is -0.997. The molecule has 3 aromatic rings. The number of fused-ring (bicyclic) bond motifs is 1. The van der Waals surface area contributed by atoms with E-state index in [1.807, 2.05) is 78.9 Å². The second-order valence-corrected chi connectivity index (χ2v) is 9.29. The van der Waals surface area contributed by atoms with E-state index < -0.39 is 18.6 Å². The van der Waals surface area contributed by atoms with Gasteiger partial charge in [-0.15, -0.1) is 0 Å². The van der Waals surface area contributed by atoms with E-state index in [9.17, 15) is 14.7 Å². The predicted octanol–water partition coefficient (Wildman–Crippen LogP) is 2.37. The normalized spacial score (nSPS) is 16.0. The van der Waals surface area contributed by atoms with Gasteiger partial charge in [0.05, 0.1) is 12.5 Å². The molecule has 2 heterocycles. The highest BCUT2D eigenvalue weighted by Gasteiger charge is 2.31. The molecule has 8 nitrogen and oxygen atoms in total. The van der Waals surface area contributed by atoms with Crippen LogP contribution in [0.4, 0.5) is 0 Å². The summed E-state index contributed by atoms with van der Waals surface area (Å²) in [6.07, 6.45) is 0. The second kappa shape index (κ2) is 11.5. The minimum Gasteiger partial charge on any atom is -0.454 e. The average Bonchev–Trinajstić information content (AvgIpc) is 3.41. The van der Waals surface area contributed by atoms with E-state index in [-0.39, 0.29) is 18.6 Å². The fraction of sp³-hybridized carbons (Fsp3) is 0.310. The summed E-state index contributed by atoms with van der Waals surface area (Å²) in [6, 6.07) is 23.9. The van der Waals surface area contributed by atoms with Gasteiger partial charge in [0.1, 0.15) is 6.04 Å². The molecule has 0 aliphatic carbocycles. The number of aliphatic hydroxyl groups is 1. The van der Waals surface area contributed by atoms with Crippen LogP contribution in [0.15, 0.2) is 78.9 Å². The molecule has 5 rings (SSSR count). The topological polar surface area (TPSA) is 91.3 Å². The zero-order valence-corrected chi connectivity index (χ0v) is 20.6. The first kappa shape index (κ1) is 24.8. The summed E-state index contributed by atoms with van der Waals surface area (Å²) in [5.41, 5.74) is 2.78. The standard InChI is InChI=1S/C29H31N3O5/c33-19-24(30-28(34)27(22-7-3-1-4-8-22)23-9-5-2-6-10-23)29(35)32-15-13-31(14-16-32)18-21-11-12-25-26(17-21)37-20-36-25/h1-12,17,24,27,33H,13-16,18-20H2,(H,30,34). The lowest BCUT2D eigenvalue weighted by Gasteiger charge is -2.36. The molecule has 2 amide bonds. The largest absolute Gasteiger partial charge is 0.454 e. The third kappa shape index (κ3) is 5.76. The van der Waals surface area contributed by atoms with E-state index in [4.69, 9.17) is 9.47 Å². The third-order valence-corrected chi connectivity index (χ3v) is 6.85. The average molecular weight is 502 g/mol. The van der Waals surface area contributed by atoms with Crippen molar-refractivity contribution in [1.29, 1.82) is 0 Å². The van der Waals surface area contributed by atoms with Crippen molar-refractivity contribution in [2.24, 2.45) is 0 Å². The van der Waals surface area contributed by atoms with Crippen molar-refractivity contribution < 1.29 is 24.2 Å². The number of piperazine rings is 1. The Morgan fingerprint density at radius 2 is 1.46 bits per heavy atom. The summed E-state index contributed by atoms with van der Waals surface area (Å²) in [4.78, 5) is 30.7. The highest BCUT2D eigenvalue weighted by Crippen LogP contribution is 2.33. The van der Waals surface area contributed by atoms with Gasteiger partial charge in [-0.05, 0) is 28.8 Å². The number of aliphatic hydroxyl groups excluding tert-OH is 1. The monoisotopic (exact) mass is 501 g/mol. The number of rotatable bonds is 8. The maximum Gasteiger partial charge on any atom is 0.247 e. The molecular formula is C29H31N3O5. The molecule has 2 aliphatic rings. The lowest BCUT2D eigenvalue weighted by atomic mass is 9.90. The maximum atomic E-state index is 13.4. The summed E-state index contributed by atoms with van der Waals surface area (Å²) >= 11 is 0. The van der Waals surface area contributed by atoms with Gasteiger partial charge in [0.15, 0.2) is 11.5 Å². The van der Waals surface area contributed by atoms with E-state index in [1.165, 1.54) is 0 Å². The molecule has 1 saturated heterocycles. The molecule has 0 bridgehead atoms. The number of carbonyl (C=O) groups is 2. The number of ether oxygens (including phenoxy) is 2. The molecule has 0 radical (unpaired) electrons. The van der Waals surface area contributed by atoms with Crippen LogP contribution >= 0.6 is 0 Å². The quantitative estimate of drug-likeness (QED) is 0.493. The number of carbonyl (C=O) groups excluding carboxylic acids is 2. The predicted molar refractivity (Wildman–Crippen MR) is 138 cm³/mol. The summed E-state index contributed by atoms with van der Waals surface area (Å²) in [7, 11) is 0. The van der Waals surface area contributed by atoms with Crippen molar-refractivity contribution in [3.63, 3.8) is 0 Å². The Morgan fingerprint density at radius 3 is 2.08 bits per heavy atom. The second-order valence-electron chi connectivity index (χ2n) is 9.29. The Hall–Kier alpha value is -3.88. The summed E-state index contributed by atoms with van der Waals surface area (Å²) in [6.45, 7) is 2.98. The Balaban J connectivity index is 1.20. The SMILES string of the molecule is O=C(NC(CO)C(=O)N1CCN(Cc2ccc3c(c2)OCO3)CC1)C(c1ccccc1)c1ccccc1. The molecule has 1 fully saturated rings. The molecule has 8 heteroatoms. The van der Waals surface area contributed by atoms with Crippen LogP contribution in [0.5, 0.6) is 11.5 Å². The number of nitrogens with zero attached hydrogens (tertiary/aromatic N) is 2. The van der Waals surface area contributed by atoms with Gasteiger partial charge in [0, 0.05) is 32.7 Å². The minimum absolute atomic E-state index is 0.250. The Bertz CT molecular complexity index is 1170. The first-order valence-electron chi connectivity index (χ1n) is 12.5. The fourth-order valence-electron chi connectivity index (χ4n) is 4.87. The van der Waals surface area contributed by atoms with Gasteiger partial charge in [0.25, 0.3) is 0 Å². The van der Waals surface area contributed by atoms with Gasteiger partial charge in [-0.1, -0.05) is 66.7 Å². The zero-order chi connectivity index (χ0) is 25.6. The number of amides is 2. The maximum absolute atomic E-state index is 13.4. The van der Waals surface area contributed by atoms with Crippen LogP contribution in [0, 0.1) is 0 Å². The molecule has 0 spiro atoms. The molecule has 192 valence electrons. The van der Waals surface area contributed by atoms with E-state index in [2.05, 4.69) is 10.2 Å². The van der Waals surface area contributed by atoms with E-state index in [0.717, 1.165) is 34.7 Å². The van der Waals surface area contributed by atoms with Crippen LogP contribution in [-0.2, 0) is 16.1 Å². The molecule has 3 aromatic carbocycles. The van der Waals surface area contributed by atoms with Gasteiger partial charge in [-0.3, -0.25) is 14.5 Å². The number of hydrogen-bond donors (Lipinski definition) is 2. The van der Waals surface area contributed by atoms with Crippen molar-refractivity contribution in [3.05, 3.63) is 95.6 Å². The van der Waals surface area contributed by atoms with E-state index in [1.54, 1.807) is 4.90 Å². The van der Waals surface area contributed by atoms with Gasteiger partial charge in [-0.25, -0.2) is 0 Å². The van der Waals surface area contributed by atoms with Crippen molar-refractivity contribution in [3.8, 4) is 11.5 Å². The summed E-state index contributed by atoms with van der Waals surface area (Å²) in [5.74, 6) is 0.364. The lowest BCUT2D eigenvalue weighted by molar-refractivity contribution is -0.139. The van der Waals surface area contributed by atoms with E-state index >= 15 is 0 Å². The molecule has 2 aliphatic heterocycles. The van der Waals surface area contributed by atoms with Crippen LogP contribution in [0.2, 0.25) is 0 Å². The highest BCUT2D eigenvalue weighted by atomic mass is 16.7. The fourth-order valence-corrected chi connectivity index (χ4v) is 4.87. The van der Waals surface area contributed by atoms with Crippen LogP contribution < -0.4 is 14.8 Å².